The first-order chi connectivity index (χ1) is 9.06. The Bertz CT molecular complexity index is 621. The lowest BCUT2D eigenvalue weighted by Crippen LogP contribution is -2.07. The molecule has 0 spiro atoms. The highest BCUT2D eigenvalue weighted by atomic mass is 79.9. The number of nitrogens with zero attached hydrogens (tertiary/aromatic N) is 1. The van der Waals surface area contributed by atoms with Gasteiger partial charge in [-0.25, -0.2) is 14.2 Å². The summed E-state index contributed by atoms with van der Waals surface area (Å²) < 4.78 is 18.9. The van der Waals surface area contributed by atoms with Crippen LogP contribution in [0.3, 0.4) is 0 Å². The minimum Gasteiger partial charge on any atom is -0.457 e. The van der Waals surface area contributed by atoms with Gasteiger partial charge in [-0.15, -0.1) is 0 Å². The third-order valence-corrected chi connectivity index (χ3v) is 3.08. The molecule has 6 heteroatoms. The van der Waals surface area contributed by atoms with Gasteiger partial charge in [-0.3, -0.25) is 0 Å². The highest BCUT2D eigenvalue weighted by Gasteiger charge is 2.14. The Kier molecular flexibility index (Phi) is 4.50. The van der Waals surface area contributed by atoms with E-state index in [9.17, 15) is 9.18 Å². The zero-order valence-electron chi connectivity index (χ0n) is 9.57. The van der Waals surface area contributed by atoms with Crippen molar-refractivity contribution in [1.29, 1.82) is 0 Å². The first kappa shape index (κ1) is 14.0. The van der Waals surface area contributed by atoms with Gasteiger partial charge < -0.3 is 4.74 Å². The van der Waals surface area contributed by atoms with Crippen molar-refractivity contribution in [1.82, 2.24) is 4.98 Å². The van der Waals surface area contributed by atoms with Crippen molar-refractivity contribution >= 4 is 33.5 Å². The molecule has 0 saturated carbocycles. The smallest absolute Gasteiger partial charge is 0.341 e. The predicted octanol–water partition coefficient (Wildman–Crippen LogP) is 3.99. The van der Waals surface area contributed by atoms with Crippen LogP contribution in [0.1, 0.15) is 15.9 Å². The third-order valence-electron chi connectivity index (χ3n) is 2.28. The summed E-state index contributed by atoms with van der Waals surface area (Å²) in [5.41, 5.74) is 0.722. The lowest BCUT2D eigenvalue weighted by molar-refractivity contribution is 0.0472. The maximum Gasteiger partial charge on any atom is 0.341 e. The van der Waals surface area contributed by atoms with Gasteiger partial charge in [0.25, 0.3) is 0 Å². The van der Waals surface area contributed by atoms with Crippen LogP contribution in [-0.2, 0) is 11.3 Å². The predicted molar refractivity (Wildman–Crippen MR) is 72.5 cm³/mol. The molecule has 0 aliphatic carbocycles. The summed E-state index contributed by atoms with van der Waals surface area (Å²) in [7, 11) is 0. The normalized spacial score (nSPS) is 10.3. The lowest BCUT2D eigenvalue weighted by atomic mass is 10.2. The fourth-order valence-electron chi connectivity index (χ4n) is 1.42. The fraction of sp³-hybridized carbons (Fsp3) is 0.0769. The molecule has 0 bridgehead atoms. The van der Waals surface area contributed by atoms with E-state index in [1.807, 2.05) is 24.3 Å². The van der Waals surface area contributed by atoms with Crippen LogP contribution < -0.4 is 0 Å². The van der Waals surface area contributed by atoms with E-state index in [-0.39, 0.29) is 17.3 Å². The zero-order chi connectivity index (χ0) is 13.8. The molecule has 0 atom stereocenters. The topological polar surface area (TPSA) is 39.2 Å². The lowest BCUT2D eigenvalue weighted by Gasteiger charge is -2.06. The van der Waals surface area contributed by atoms with Crippen molar-refractivity contribution in [3.05, 3.63) is 63.1 Å². The second-order valence-electron chi connectivity index (χ2n) is 3.70. The molecule has 1 aromatic heterocycles. The van der Waals surface area contributed by atoms with Crippen LogP contribution in [0, 0.1) is 5.82 Å². The molecule has 0 saturated heterocycles. The number of rotatable bonds is 3. The molecule has 2 rings (SSSR count). The van der Waals surface area contributed by atoms with Gasteiger partial charge in [0.2, 0.25) is 0 Å². The number of carbonyl (C=O) groups excluding carboxylic acids is 1. The van der Waals surface area contributed by atoms with Crippen molar-refractivity contribution in [2.24, 2.45) is 0 Å². The van der Waals surface area contributed by atoms with Gasteiger partial charge in [0, 0.05) is 4.47 Å². The molecule has 0 aliphatic rings. The van der Waals surface area contributed by atoms with Crippen molar-refractivity contribution in [2.75, 3.05) is 0 Å². The van der Waals surface area contributed by atoms with Crippen molar-refractivity contribution in [3.8, 4) is 0 Å². The van der Waals surface area contributed by atoms with E-state index in [0.717, 1.165) is 22.3 Å². The minimum atomic E-state index is -0.711. The average molecular weight is 345 g/mol. The quantitative estimate of drug-likeness (QED) is 0.624. The number of aromatic nitrogens is 1. The van der Waals surface area contributed by atoms with Gasteiger partial charge in [-0.2, -0.15) is 0 Å². The Labute approximate surface area is 122 Å². The third kappa shape index (κ3) is 3.75. The summed E-state index contributed by atoms with van der Waals surface area (Å²) >= 11 is 9.03. The molecule has 0 unspecified atom stereocenters. The molecule has 19 heavy (non-hydrogen) atoms. The maximum absolute atomic E-state index is 13.0. The van der Waals surface area contributed by atoms with Crippen LogP contribution >= 0.6 is 27.5 Å². The highest BCUT2D eigenvalue weighted by Crippen LogP contribution is 2.17. The van der Waals surface area contributed by atoms with E-state index >= 15 is 0 Å². The molecule has 0 fully saturated rings. The molecular weight excluding hydrogens is 337 g/mol. The van der Waals surface area contributed by atoms with Crippen molar-refractivity contribution in [3.63, 3.8) is 0 Å². The Balaban J connectivity index is 2.07. The number of hydrogen-bond donors (Lipinski definition) is 0. The van der Waals surface area contributed by atoms with Crippen LogP contribution in [0.5, 0.6) is 0 Å². The van der Waals surface area contributed by atoms with E-state index in [1.165, 1.54) is 0 Å². The van der Waals surface area contributed by atoms with Crippen LogP contribution in [0.25, 0.3) is 0 Å². The molecule has 98 valence electrons. The Morgan fingerprint density at radius 1 is 1.42 bits per heavy atom. The van der Waals surface area contributed by atoms with E-state index in [4.69, 9.17) is 16.3 Å². The molecule has 0 aliphatic heterocycles. The van der Waals surface area contributed by atoms with Crippen LogP contribution in [0.4, 0.5) is 4.39 Å². The number of esters is 1. The number of hydrogen-bond acceptors (Lipinski definition) is 3. The fourth-order valence-corrected chi connectivity index (χ4v) is 2.05. The molecule has 0 N–H and O–H groups in total. The van der Waals surface area contributed by atoms with E-state index in [2.05, 4.69) is 20.9 Å². The maximum atomic E-state index is 13.0. The molecule has 0 radical (unpaired) electrons. The van der Waals surface area contributed by atoms with E-state index in [0.29, 0.717) is 0 Å². The number of halogens is 3. The summed E-state index contributed by atoms with van der Waals surface area (Å²) in [4.78, 5) is 15.3. The largest absolute Gasteiger partial charge is 0.457 e. The number of pyridine rings is 1. The second kappa shape index (κ2) is 6.12. The number of ether oxygens (including phenoxy) is 1. The molecule has 1 heterocycles. The van der Waals surface area contributed by atoms with Gasteiger partial charge in [-0.1, -0.05) is 39.7 Å². The first-order valence-electron chi connectivity index (χ1n) is 5.29. The SMILES string of the molecule is O=C(OCc1cccc(Br)c1)c1cc(F)cnc1Cl. The Morgan fingerprint density at radius 3 is 2.95 bits per heavy atom. The van der Waals surface area contributed by atoms with E-state index < -0.39 is 11.8 Å². The first-order valence-corrected chi connectivity index (χ1v) is 6.46. The molecule has 1 aromatic carbocycles. The number of carbonyl (C=O) groups is 1. The second-order valence-corrected chi connectivity index (χ2v) is 4.97. The van der Waals surface area contributed by atoms with Crippen LogP contribution in [0.2, 0.25) is 5.15 Å². The minimum absolute atomic E-state index is 0.0745. The summed E-state index contributed by atoms with van der Waals surface area (Å²) in [6.45, 7) is 0.0745. The summed E-state index contributed by atoms with van der Waals surface area (Å²) in [5.74, 6) is -1.35. The summed E-state index contributed by atoms with van der Waals surface area (Å²) in [5, 5.41) is -0.0827. The van der Waals surface area contributed by atoms with Crippen molar-refractivity contribution in [2.45, 2.75) is 6.61 Å². The standard InChI is InChI=1S/C13H8BrClFNO2/c14-9-3-1-2-8(4-9)7-19-13(18)11-5-10(16)6-17-12(11)15/h1-6H,7H2. The number of benzene rings is 1. The van der Waals surface area contributed by atoms with Gasteiger partial charge in [0.15, 0.2) is 0 Å². The average Bonchev–Trinajstić information content (AvgIpc) is 2.39. The summed E-state index contributed by atoms with van der Waals surface area (Å²) in [6, 6.07) is 8.31. The van der Waals surface area contributed by atoms with Gasteiger partial charge in [0.05, 0.1) is 11.8 Å². The summed E-state index contributed by atoms with van der Waals surface area (Å²) in [6.07, 6.45) is 0.938. The van der Waals surface area contributed by atoms with Crippen LogP contribution in [0.15, 0.2) is 41.0 Å². The van der Waals surface area contributed by atoms with Gasteiger partial charge >= 0.3 is 5.97 Å². The Hall–Kier alpha value is -1.46. The van der Waals surface area contributed by atoms with Gasteiger partial charge in [0.1, 0.15) is 17.6 Å². The molecule has 0 amide bonds. The van der Waals surface area contributed by atoms with E-state index in [1.54, 1.807) is 0 Å². The van der Waals surface area contributed by atoms with Crippen molar-refractivity contribution < 1.29 is 13.9 Å². The molecule has 2 aromatic rings. The highest BCUT2D eigenvalue weighted by molar-refractivity contribution is 9.10. The zero-order valence-corrected chi connectivity index (χ0v) is 11.9. The van der Waals surface area contributed by atoms with Crippen LogP contribution in [-0.4, -0.2) is 11.0 Å². The monoisotopic (exact) mass is 343 g/mol. The molecular formula is C13H8BrClFNO2. The Morgan fingerprint density at radius 2 is 2.21 bits per heavy atom. The molecule has 3 nitrogen and oxygen atoms in total. The van der Waals surface area contributed by atoms with Gasteiger partial charge in [-0.05, 0) is 23.8 Å².